The van der Waals surface area contributed by atoms with Gasteiger partial charge in [0.05, 0.1) is 11.1 Å². The van der Waals surface area contributed by atoms with Gasteiger partial charge in [-0.2, -0.15) is 0 Å². The molecule has 0 aliphatic carbocycles. The van der Waals surface area contributed by atoms with Crippen molar-refractivity contribution in [2.24, 2.45) is 11.5 Å². The number of primary amides is 2. The summed E-state index contributed by atoms with van der Waals surface area (Å²) in [6.07, 6.45) is 4.65. The van der Waals surface area contributed by atoms with Crippen molar-refractivity contribution in [3.63, 3.8) is 0 Å². The van der Waals surface area contributed by atoms with Crippen molar-refractivity contribution in [2.75, 3.05) is 5.75 Å². The molecule has 0 aromatic heterocycles. The first-order valence-corrected chi connectivity index (χ1v) is 7.42. The fourth-order valence-corrected chi connectivity index (χ4v) is 2.92. The van der Waals surface area contributed by atoms with Gasteiger partial charge in [0.25, 0.3) is 5.91 Å². The summed E-state index contributed by atoms with van der Waals surface area (Å²) in [7, 11) is 0. The Labute approximate surface area is 117 Å². The van der Waals surface area contributed by atoms with Gasteiger partial charge in [-0.05, 0) is 24.3 Å². The van der Waals surface area contributed by atoms with Crippen LogP contribution in [0.1, 0.15) is 53.3 Å². The Balaban J connectivity index is 2.80. The number of amides is 2. The molecule has 2 amide bonds. The average Bonchev–Trinajstić information content (AvgIpc) is 2.37. The predicted octanol–water partition coefficient (Wildman–Crippen LogP) is 2.56. The van der Waals surface area contributed by atoms with Gasteiger partial charge < -0.3 is 11.5 Å². The van der Waals surface area contributed by atoms with Crippen molar-refractivity contribution in [3.8, 4) is 0 Å². The van der Waals surface area contributed by atoms with Crippen LogP contribution in [0.15, 0.2) is 23.1 Å². The first-order chi connectivity index (χ1) is 9.07. The summed E-state index contributed by atoms with van der Waals surface area (Å²) >= 11 is 1.55. The van der Waals surface area contributed by atoms with E-state index in [-0.39, 0.29) is 11.1 Å². The largest absolute Gasteiger partial charge is 0.366 e. The molecule has 0 heterocycles. The predicted molar refractivity (Wildman–Crippen MR) is 78.3 cm³/mol. The maximum Gasteiger partial charge on any atom is 0.250 e. The van der Waals surface area contributed by atoms with Gasteiger partial charge in [0.2, 0.25) is 5.91 Å². The fourth-order valence-electron chi connectivity index (χ4n) is 1.82. The maximum atomic E-state index is 11.5. The van der Waals surface area contributed by atoms with Crippen molar-refractivity contribution >= 4 is 23.6 Å². The van der Waals surface area contributed by atoms with Crippen molar-refractivity contribution < 1.29 is 9.59 Å². The number of benzene rings is 1. The van der Waals surface area contributed by atoms with Crippen LogP contribution >= 0.6 is 11.8 Å². The van der Waals surface area contributed by atoms with Crippen molar-refractivity contribution in [1.29, 1.82) is 0 Å². The molecule has 1 aromatic carbocycles. The second-order valence-corrected chi connectivity index (χ2v) is 5.45. The monoisotopic (exact) mass is 280 g/mol. The molecule has 5 heteroatoms. The zero-order chi connectivity index (χ0) is 14.3. The Bertz CT molecular complexity index is 461. The lowest BCUT2D eigenvalue weighted by atomic mass is 10.1. The molecule has 0 fully saturated rings. The normalized spacial score (nSPS) is 10.4. The van der Waals surface area contributed by atoms with Crippen LogP contribution in [0.5, 0.6) is 0 Å². The fraction of sp³-hybridized carbons (Fsp3) is 0.429. The minimum absolute atomic E-state index is 0.200. The first-order valence-electron chi connectivity index (χ1n) is 6.43. The Morgan fingerprint density at radius 2 is 1.84 bits per heavy atom. The van der Waals surface area contributed by atoms with E-state index in [4.69, 9.17) is 11.5 Å². The highest BCUT2D eigenvalue weighted by Crippen LogP contribution is 2.26. The maximum absolute atomic E-state index is 11.5. The number of rotatable bonds is 8. The minimum atomic E-state index is -0.623. The van der Waals surface area contributed by atoms with Crippen LogP contribution in [-0.2, 0) is 0 Å². The van der Waals surface area contributed by atoms with E-state index in [0.29, 0.717) is 0 Å². The Hall–Kier alpha value is -1.49. The van der Waals surface area contributed by atoms with Gasteiger partial charge in [0, 0.05) is 4.90 Å². The minimum Gasteiger partial charge on any atom is -0.366 e. The summed E-state index contributed by atoms with van der Waals surface area (Å²) in [6.45, 7) is 2.16. The molecule has 19 heavy (non-hydrogen) atoms. The number of unbranched alkanes of at least 4 members (excludes halogenated alkanes) is 3. The molecule has 1 rings (SSSR count). The summed E-state index contributed by atoms with van der Waals surface area (Å²) in [4.78, 5) is 23.5. The summed E-state index contributed by atoms with van der Waals surface area (Å²) in [5, 5.41) is 0. The molecule has 0 atom stereocenters. The highest BCUT2D eigenvalue weighted by atomic mass is 32.2. The lowest BCUT2D eigenvalue weighted by molar-refractivity contribution is 0.0965. The zero-order valence-electron chi connectivity index (χ0n) is 11.1. The molecule has 0 aliphatic heterocycles. The third kappa shape index (κ3) is 4.59. The van der Waals surface area contributed by atoms with Crippen LogP contribution in [0.3, 0.4) is 0 Å². The van der Waals surface area contributed by atoms with E-state index in [9.17, 15) is 9.59 Å². The average molecular weight is 280 g/mol. The second kappa shape index (κ2) is 7.84. The van der Waals surface area contributed by atoms with Crippen LogP contribution in [0, 0.1) is 0 Å². The van der Waals surface area contributed by atoms with E-state index in [0.717, 1.165) is 17.1 Å². The third-order valence-electron chi connectivity index (χ3n) is 2.79. The molecule has 0 radical (unpaired) electrons. The third-order valence-corrected chi connectivity index (χ3v) is 3.94. The molecule has 0 saturated heterocycles. The topological polar surface area (TPSA) is 86.2 Å². The molecule has 1 aromatic rings. The zero-order valence-corrected chi connectivity index (χ0v) is 12.0. The SMILES string of the molecule is CCCCCCSc1cccc(C(N)=O)c1C(N)=O. The Morgan fingerprint density at radius 1 is 1.11 bits per heavy atom. The molecule has 0 unspecified atom stereocenters. The van der Waals surface area contributed by atoms with E-state index < -0.39 is 11.8 Å². The molecular weight excluding hydrogens is 260 g/mol. The van der Waals surface area contributed by atoms with E-state index in [1.807, 2.05) is 0 Å². The van der Waals surface area contributed by atoms with Gasteiger partial charge in [-0.3, -0.25) is 9.59 Å². The lowest BCUT2D eigenvalue weighted by Gasteiger charge is -2.09. The summed E-state index contributed by atoms with van der Waals surface area (Å²) in [5.41, 5.74) is 11.1. The number of hydrogen-bond acceptors (Lipinski definition) is 3. The number of nitrogens with two attached hydrogens (primary N) is 2. The van der Waals surface area contributed by atoms with Gasteiger partial charge >= 0.3 is 0 Å². The van der Waals surface area contributed by atoms with Crippen LogP contribution < -0.4 is 11.5 Å². The summed E-state index contributed by atoms with van der Waals surface area (Å²) < 4.78 is 0. The molecule has 0 aliphatic rings. The molecule has 104 valence electrons. The standard InChI is InChI=1S/C14H20N2O2S/c1-2-3-4-5-9-19-11-8-6-7-10(13(15)17)12(11)14(16)18/h6-8H,2-5,9H2,1H3,(H2,15,17)(H2,16,18). The second-order valence-electron chi connectivity index (χ2n) is 4.32. The number of carbonyl (C=O) groups excluding carboxylic acids is 2. The molecule has 0 saturated carbocycles. The lowest BCUT2D eigenvalue weighted by Crippen LogP contribution is -2.21. The highest BCUT2D eigenvalue weighted by molar-refractivity contribution is 7.99. The van der Waals surface area contributed by atoms with E-state index in [2.05, 4.69) is 6.92 Å². The summed E-state index contributed by atoms with van der Waals surface area (Å²) in [5.74, 6) is -0.324. The van der Waals surface area contributed by atoms with Crippen LogP contribution in [-0.4, -0.2) is 17.6 Å². The molecule has 0 spiro atoms. The van der Waals surface area contributed by atoms with Gasteiger partial charge in [-0.15, -0.1) is 11.8 Å². The number of thioether (sulfide) groups is 1. The van der Waals surface area contributed by atoms with Gasteiger partial charge in [0.1, 0.15) is 0 Å². The Kier molecular flexibility index (Phi) is 6.42. The smallest absolute Gasteiger partial charge is 0.250 e. The van der Waals surface area contributed by atoms with E-state index in [1.165, 1.54) is 25.3 Å². The van der Waals surface area contributed by atoms with Crippen LogP contribution in [0.2, 0.25) is 0 Å². The van der Waals surface area contributed by atoms with E-state index in [1.54, 1.807) is 23.9 Å². The van der Waals surface area contributed by atoms with Gasteiger partial charge in [-0.1, -0.05) is 32.3 Å². The Morgan fingerprint density at radius 3 is 2.42 bits per heavy atom. The number of carbonyl (C=O) groups is 2. The highest BCUT2D eigenvalue weighted by Gasteiger charge is 2.17. The van der Waals surface area contributed by atoms with Gasteiger partial charge in [-0.25, -0.2) is 0 Å². The quantitative estimate of drug-likeness (QED) is 0.566. The molecule has 4 nitrogen and oxygen atoms in total. The molecule has 0 bridgehead atoms. The van der Waals surface area contributed by atoms with E-state index >= 15 is 0 Å². The van der Waals surface area contributed by atoms with Crippen LogP contribution in [0.4, 0.5) is 0 Å². The molecular formula is C14H20N2O2S. The molecule has 4 N–H and O–H groups in total. The number of hydrogen-bond donors (Lipinski definition) is 2. The first kappa shape index (κ1) is 15.6. The summed E-state index contributed by atoms with van der Waals surface area (Å²) in [6, 6.07) is 5.06. The van der Waals surface area contributed by atoms with Crippen molar-refractivity contribution in [3.05, 3.63) is 29.3 Å². The van der Waals surface area contributed by atoms with Gasteiger partial charge in [0.15, 0.2) is 0 Å². The van der Waals surface area contributed by atoms with Crippen molar-refractivity contribution in [2.45, 2.75) is 37.5 Å². The van der Waals surface area contributed by atoms with Crippen LogP contribution in [0.25, 0.3) is 0 Å². The van der Waals surface area contributed by atoms with Crippen molar-refractivity contribution in [1.82, 2.24) is 0 Å².